The molecule has 0 spiro atoms. The Kier molecular flexibility index (Phi) is 0.974. The molecule has 0 aliphatic rings. The summed E-state index contributed by atoms with van der Waals surface area (Å²) in [6, 6.07) is 0. The minimum absolute atomic E-state index is 0.0720. The van der Waals surface area contributed by atoms with Gasteiger partial charge in [-0.25, -0.2) is 9.97 Å². The Morgan fingerprint density at radius 1 is 1.55 bits per heavy atom. The van der Waals surface area contributed by atoms with Crippen LogP contribution in [-0.4, -0.2) is 24.9 Å². The normalized spacial score (nSPS) is 10.5. The van der Waals surface area contributed by atoms with Crippen LogP contribution in [0.15, 0.2) is 12.7 Å². The van der Waals surface area contributed by atoms with Gasteiger partial charge in [-0.3, -0.25) is 5.41 Å². The van der Waals surface area contributed by atoms with E-state index in [0.29, 0.717) is 11.2 Å². The second kappa shape index (κ2) is 1.82. The van der Waals surface area contributed by atoms with Crippen molar-refractivity contribution < 1.29 is 5.21 Å². The van der Waals surface area contributed by atoms with Gasteiger partial charge in [-0.15, -0.1) is 0 Å². The van der Waals surface area contributed by atoms with Crippen molar-refractivity contribution in [2.75, 3.05) is 0 Å². The molecule has 0 radical (unpaired) electrons. The molecule has 0 aliphatic carbocycles. The highest BCUT2D eigenvalue weighted by atomic mass is 16.5. The van der Waals surface area contributed by atoms with Crippen LogP contribution in [0.3, 0.4) is 0 Å². The van der Waals surface area contributed by atoms with E-state index in [-0.39, 0.29) is 5.49 Å². The first-order valence-electron chi connectivity index (χ1n) is 2.93. The highest BCUT2D eigenvalue weighted by molar-refractivity contribution is 5.67. The highest BCUT2D eigenvalue weighted by Crippen LogP contribution is 1.98. The van der Waals surface area contributed by atoms with E-state index in [1.165, 1.54) is 6.33 Å². The van der Waals surface area contributed by atoms with Gasteiger partial charge in [0.05, 0.1) is 6.33 Å². The van der Waals surface area contributed by atoms with E-state index in [2.05, 4.69) is 15.0 Å². The molecule has 2 heterocycles. The Morgan fingerprint density at radius 3 is 3.09 bits per heavy atom. The van der Waals surface area contributed by atoms with Crippen molar-refractivity contribution in [3.8, 4) is 0 Å². The van der Waals surface area contributed by atoms with E-state index in [9.17, 15) is 0 Å². The maximum absolute atomic E-state index is 9.07. The van der Waals surface area contributed by atoms with Gasteiger partial charge >= 0.3 is 0 Å². The molecule has 0 saturated heterocycles. The summed E-state index contributed by atoms with van der Waals surface area (Å²) in [5.41, 5.74) is 0.808. The van der Waals surface area contributed by atoms with E-state index in [1.54, 1.807) is 0 Å². The summed E-state index contributed by atoms with van der Waals surface area (Å²) in [6.45, 7) is 0. The fourth-order valence-corrected chi connectivity index (χ4v) is 0.867. The van der Waals surface area contributed by atoms with Crippen molar-refractivity contribution >= 4 is 11.2 Å². The molecule has 0 aliphatic heterocycles. The molecule has 11 heavy (non-hydrogen) atoms. The van der Waals surface area contributed by atoms with E-state index >= 15 is 0 Å². The minimum atomic E-state index is 0.0720. The third-order valence-corrected chi connectivity index (χ3v) is 1.37. The molecule has 3 N–H and O–H groups in total. The Labute approximate surface area is 60.6 Å². The number of nitrogens with zero attached hydrogens (tertiary/aromatic N) is 3. The van der Waals surface area contributed by atoms with Crippen molar-refractivity contribution in [3.05, 3.63) is 18.1 Å². The molecule has 2 aromatic heterocycles. The fraction of sp³-hybridized carbons (Fsp3) is 0. The average Bonchev–Trinajstić information content (AvgIpc) is 2.45. The van der Waals surface area contributed by atoms with E-state index in [0.717, 1.165) is 11.1 Å². The molecule has 0 atom stereocenters. The summed E-state index contributed by atoms with van der Waals surface area (Å²) in [4.78, 5) is 10.1. The second-order valence-electron chi connectivity index (χ2n) is 2.04. The quantitative estimate of drug-likeness (QED) is 0.442. The van der Waals surface area contributed by atoms with Crippen molar-refractivity contribution in [3.63, 3.8) is 0 Å². The van der Waals surface area contributed by atoms with Gasteiger partial charge in [0.25, 0.3) is 0 Å². The molecule has 0 bridgehead atoms. The molecular weight excluding hydrogens is 146 g/mol. The number of rotatable bonds is 0. The van der Waals surface area contributed by atoms with Crippen LogP contribution in [-0.2, 0) is 0 Å². The zero-order valence-corrected chi connectivity index (χ0v) is 5.44. The zero-order valence-electron chi connectivity index (χ0n) is 5.44. The van der Waals surface area contributed by atoms with Crippen LogP contribution < -0.4 is 5.49 Å². The Hall–Kier alpha value is -1.85. The number of nitrogens with one attached hydrogen (secondary N) is 2. The largest absolute Gasteiger partial charge is 0.425 e. The summed E-state index contributed by atoms with van der Waals surface area (Å²) in [5, 5.41) is 16.3. The Bertz CT molecular complexity index is 441. The molecule has 0 aromatic carbocycles. The molecule has 0 fully saturated rings. The van der Waals surface area contributed by atoms with Crippen molar-refractivity contribution in [1.82, 2.24) is 19.7 Å². The third kappa shape index (κ3) is 0.689. The van der Waals surface area contributed by atoms with Crippen LogP contribution >= 0.6 is 0 Å². The van der Waals surface area contributed by atoms with Crippen LogP contribution in [0, 0.1) is 5.41 Å². The number of aromatic nitrogens is 4. The maximum atomic E-state index is 9.07. The lowest BCUT2D eigenvalue weighted by atomic mass is 10.5. The average molecular weight is 151 g/mol. The van der Waals surface area contributed by atoms with E-state index in [4.69, 9.17) is 10.6 Å². The van der Waals surface area contributed by atoms with Gasteiger partial charge in [0.2, 0.25) is 0 Å². The molecule has 2 rings (SSSR count). The molecule has 6 nitrogen and oxygen atoms in total. The monoisotopic (exact) mass is 151 g/mol. The van der Waals surface area contributed by atoms with Crippen molar-refractivity contribution in [2.24, 2.45) is 0 Å². The van der Waals surface area contributed by atoms with E-state index in [1.807, 2.05) is 0 Å². The van der Waals surface area contributed by atoms with Gasteiger partial charge < -0.3 is 10.2 Å². The highest BCUT2D eigenvalue weighted by Gasteiger charge is 2.00. The number of hydrogen-bond donors (Lipinski definition) is 3. The summed E-state index contributed by atoms with van der Waals surface area (Å²) in [5.74, 6) is 0. The SMILES string of the molecule is N=c1ncn(O)c2nc[nH]c12. The number of H-pyrrole nitrogens is 1. The van der Waals surface area contributed by atoms with Crippen molar-refractivity contribution in [2.45, 2.75) is 0 Å². The number of fused-ring (bicyclic) bond motifs is 1. The van der Waals surface area contributed by atoms with Crippen LogP contribution in [0.4, 0.5) is 0 Å². The number of hydrogen-bond acceptors (Lipinski definition) is 4. The summed E-state index contributed by atoms with van der Waals surface area (Å²) in [7, 11) is 0. The van der Waals surface area contributed by atoms with Crippen molar-refractivity contribution in [1.29, 1.82) is 5.41 Å². The smallest absolute Gasteiger partial charge is 0.198 e. The number of aromatic amines is 1. The predicted molar refractivity (Wildman–Crippen MR) is 34.9 cm³/mol. The maximum Gasteiger partial charge on any atom is 0.198 e. The van der Waals surface area contributed by atoms with Gasteiger partial charge in [0.15, 0.2) is 11.1 Å². The topological polar surface area (TPSA) is 90.6 Å². The first-order valence-corrected chi connectivity index (χ1v) is 2.93. The molecule has 6 heteroatoms. The molecular formula is C5H5N5O. The van der Waals surface area contributed by atoms with Crippen LogP contribution in [0.25, 0.3) is 11.2 Å². The predicted octanol–water partition coefficient (Wildman–Crippen LogP) is -0.524. The van der Waals surface area contributed by atoms with E-state index < -0.39 is 0 Å². The van der Waals surface area contributed by atoms with Crippen LogP contribution in [0.2, 0.25) is 0 Å². The van der Waals surface area contributed by atoms with Crippen LogP contribution in [0.5, 0.6) is 0 Å². The molecule has 2 aromatic rings. The lowest BCUT2D eigenvalue weighted by Crippen LogP contribution is -2.10. The first kappa shape index (κ1) is 5.90. The molecule has 56 valence electrons. The molecule has 0 amide bonds. The third-order valence-electron chi connectivity index (χ3n) is 1.37. The zero-order chi connectivity index (χ0) is 7.84. The van der Waals surface area contributed by atoms with Gasteiger partial charge in [0, 0.05) is 0 Å². The van der Waals surface area contributed by atoms with Gasteiger partial charge in [-0.05, 0) is 0 Å². The van der Waals surface area contributed by atoms with Gasteiger partial charge in [-0.1, -0.05) is 0 Å². The van der Waals surface area contributed by atoms with Gasteiger partial charge in [0.1, 0.15) is 11.8 Å². The fourth-order valence-electron chi connectivity index (χ4n) is 0.867. The molecule has 0 unspecified atom stereocenters. The lowest BCUT2D eigenvalue weighted by molar-refractivity contribution is 0.192. The van der Waals surface area contributed by atoms with Gasteiger partial charge in [-0.2, -0.15) is 4.73 Å². The standard InChI is InChI=1S/C5H5N5O/c6-4-3-5(8-1-7-3)10(11)2-9-4/h1-2,6,11H,(H,7,8). The minimum Gasteiger partial charge on any atom is -0.425 e. The summed E-state index contributed by atoms with van der Waals surface area (Å²) >= 11 is 0. The Morgan fingerprint density at radius 2 is 2.36 bits per heavy atom. The summed E-state index contributed by atoms with van der Waals surface area (Å²) in [6.07, 6.45) is 2.53. The van der Waals surface area contributed by atoms with Crippen LogP contribution in [0.1, 0.15) is 0 Å². The number of imidazole rings is 1. The first-order chi connectivity index (χ1) is 5.29. The Balaban J connectivity index is 3.08. The summed E-state index contributed by atoms with van der Waals surface area (Å²) < 4.78 is 0.768. The lowest BCUT2D eigenvalue weighted by Gasteiger charge is -1.94. The molecule has 0 saturated carbocycles. The second-order valence-corrected chi connectivity index (χ2v) is 2.04.